The first-order chi connectivity index (χ1) is 11.8. The highest BCUT2D eigenvalue weighted by Crippen LogP contribution is 2.37. The first kappa shape index (κ1) is 15.5. The van der Waals surface area contributed by atoms with Crippen molar-refractivity contribution in [2.45, 2.75) is 26.3 Å². The van der Waals surface area contributed by atoms with Crippen LogP contribution in [-0.2, 0) is 6.54 Å². The van der Waals surface area contributed by atoms with Gasteiger partial charge in [0.15, 0.2) is 0 Å². The molecular weight excluding hydrogens is 358 g/mol. The fourth-order valence-corrected chi connectivity index (χ4v) is 3.82. The van der Waals surface area contributed by atoms with Crippen molar-refractivity contribution in [1.82, 2.24) is 4.57 Å². The molecule has 1 nitrogen and oxygen atoms in total. The summed E-state index contributed by atoms with van der Waals surface area (Å²) < 4.78 is 3.61. The van der Waals surface area contributed by atoms with Crippen molar-refractivity contribution < 1.29 is 0 Å². The summed E-state index contributed by atoms with van der Waals surface area (Å²) in [5.74, 6) is 0. The lowest BCUT2D eigenvalue weighted by Crippen LogP contribution is -1.98. The number of halogens is 1. The summed E-state index contributed by atoms with van der Waals surface area (Å²) in [4.78, 5) is 0. The van der Waals surface area contributed by atoms with Gasteiger partial charge in [-0.2, -0.15) is 0 Å². The summed E-state index contributed by atoms with van der Waals surface area (Å²) >= 11 is 3.63. The van der Waals surface area contributed by atoms with E-state index in [4.69, 9.17) is 0 Å². The van der Waals surface area contributed by atoms with Gasteiger partial charge in [-0.3, -0.25) is 0 Å². The van der Waals surface area contributed by atoms with E-state index in [0.717, 1.165) is 16.6 Å². The Balaban J connectivity index is 2.10. The number of fused-ring (bicyclic) bond motifs is 3. The maximum Gasteiger partial charge on any atom is 0.0571 e. The molecule has 0 unspecified atom stereocenters. The summed E-state index contributed by atoms with van der Waals surface area (Å²) in [6, 6.07) is 24.8. The molecule has 0 bridgehead atoms. The largest absolute Gasteiger partial charge is 0.340 e. The standard InChI is InChI=1S/C22H19BrN/c1-2-3-14-24-21-13-12-17(23)15-20(21)19-11-7-10-18(22(19)24)16-8-5-4-6-9-16/h4-8,10-13,15H,2-3,14H2,1H3. The maximum atomic E-state index is 3.63. The molecule has 1 aromatic heterocycles. The number of hydrogen-bond acceptors (Lipinski definition) is 0. The van der Waals surface area contributed by atoms with Crippen LogP contribution in [-0.4, -0.2) is 4.57 Å². The van der Waals surface area contributed by atoms with Crippen LogP contribution < -0.4 is 0 Å². The zero-order valence-corrected chi connectivity index (χ0v) is 15.3. The van der Waals surface area contributed by atoms with Crippen molar-refractivity contribution in [3.63, 3.8) is 0 Å². The molecule has 0 saturated heterocycles. The van der Waals surface area contributed by atoms with Gasteiger partial charge in [-0.15, -0.1) is 0 Å². The molecule has 0 aliphatic carbocycles. The van der Waals surface area contributed by atoms with Crippen LogP contribution in [0.15, 0.2) is 65.1 Å². The minimum Gasteiger partial charge on any atom is -0.340 e. The van der Waals surface area contributed by atoms with Crippen molar-refractivity contribution >= 4 is 37.7 Å². The average molecular weight is 377 g/mol. The molecule has 0 aliphatic rings. The van der Waals surface area contributed by atoms with E-state index in [-0.39, 0.29) is 0 Å². The Morgan fingerprint density at radius 3 is 2.71 bits per heavy atom. The second-order valence-electron chi connectivity index (χ2n) is 6.14. The second-order valence-corrected chi connectivity index (χ2v) is 7.06. The Hall–Kier alpha value is -2.06. The van der Waals surface area contributed by atoms with Crippen molar-refractivity contribution in [1.29, 1.82) is 0 Å². The Kier molecular flexibility index (Phi) is 4.15. The van der Waals surface area contributed by atoms with E-state index in [1.807, 2.05) is 12.1 Å². The van der Waals surface area contributed by atoms with E-state index in [0.29, 0.717) is 0 Å². The van der Waals surface area contributed by atoms with Crippen LogP contribution in [0.2, 0.25) is 0 Å². The number of hydrogen-bond donors (Lipinski definition) is 0. The van der Waals surface area contributed by atoms with Crippen molar-refractivity contribution in [3.05, 3.63) is 71.2 Å². The second kappa shape index (κ2) is 6.45. The Morgan fingerprint density at radius 1 is 1.00 bits per heavy atom. The van der Waals surface area contributed by atoms with Gasteiger partial charge in [0.25, 0.3) is 0 Å². The third-order valence-electron chi connectivity index (χ3n) is 4.58. The lowest BCUT2D eigenvalue weighted by Gasteiger charge is -2.10. The smallest absolute Gasteiger partial charge is 0.0571 e. The van der Waals surface area contributed by atoms with Crippen LogP contribution >= 0.6 is 15.9 Å². The van der Waals surface area contributed by atoms with Gasteiger partial charge in [0.05, 0.1) is 5.52 Å². The zero-order chi connectivity index (χ0) is 16.5. The van der Waals surface area contributed by atoms with E-state index in [1.165, 1.54) is 40.2 Å². The van der Waals surface area contributed by atoms with E-state index >= 15 is 0 Å². The van der Waals surface area contributed by atoms with Gasteiger partial charge >= 0.3 is 0 Å². The predicted octanol–water partition coefficient (Wildman–Crippen LogP) is 6.82. The predicted molar refractivity (Wildman–Crippen MR) is 106 cm³/mol. The number of benzene rings is 3. The Morgan fingerprint density at radius 2 is 1.92 bits per heavy atom. The zero-order valence-electron chi connectivity index (χ0n) is 13.7. The first-order valence-corrected chi connectivity index (χ1v) is 9.26. The van der Waals surface area contributed by atoms with Gasteiger partial charge in [-0.1, -0.05) is 71.7 Å². The molecule has 4 aromatic rings. The number of rotatable bonds is 4. The molecule has 24 heavy (non-hydrogen) atoms. The molecule has 119 valence electrons. The van der Waals surface area contributed by atoms with Gasteiger partial charge in [0.1, 0.15) is 0 Å². The number of aryl methyl sites for hydroxylation is 1. The summed E-state index contributed by atoms with van der Waals surface area (Å²) in [5, 5.41) is 2.63. The molecule has 0 atom stereocenters. The molecule has 1 heterocycles. The Bertz CT molecular complexity index is 999. The van der Waals surface area contributed by atoms with Gasteiger partial charge in [-0.25, -0.2) is 0 Å². The summed E-state index contributed by atoms with van der Waals surface area (Å²) in [5.41, 5.74) is 5.05. The van der Waals surface area contributed by atoms with E-state index < -0.39 is 0 Å². The van der Waals surface area contributed by atoms with E-state index in [2.05, 4.69) is 82.0 Å². The van der Waals surface area contributed by atoms with Crippen LogP contribution in [0.3, 0.4) is 0 Å². The summed E-state index contributed by atoms with van der Waals surface area (Å²) in [6.45, 7) is 3.29. The van der Waals surface area contributed by atoms with Gasteiger partial charge in [-0.05, 0) is 36.2 Å². The SMILES string of the molecule is CCCCn1c2ccc(Br)cc2c2cccc(-c3[c]cccc3)c21. The van der Waals surface area contributed by atoms with E-state index in [1.54, 1.807) is 0 Å². The van der Waals surface area contributed by atoms with Crippen LogP contribution in [0.4, 0.5) is 0 Å². The molecular formula is C22H19BrN. The fourth-order valence-electron chi connectivity index (χ4n) is 3.46. The molecule has 4 rings (SSSR count). The summed E-state index contributed by atoms with van der Waals surface area (Å²) in [7, 11) is 0. The molecule has 0 amide bonds. The van der Waals surface area contributed by atoms with Crippen LogP contribution in [0.25, 0.3) is 32.9 Å². The average Bonchev–Trinajstić information content (AvgIpc) is 2.94. The monoisotopic (exact) mass is 376 g/mol. The highest BCUT2D eigenvalue weighted by Gasteiger charge is 2.14. The number of para-hydroxylation sites is 1. The first-order valence-electron chi connectivity index (χ1n) is 8.47. The van der Waals surface area contributed by atoms with Crippen molar-refractivity contribution in [2.24, 2.45) is 0 Å². The molecule has 0 fully saturated rings. The van der Waals surface area contributed by atoms with Crippen LogP contribution in [0, 0.1) is 6.07 Å². The molecule has 0 spiro atoms. The van der Waals surface area contributed by atoms with Gasteiger partial charge < -0.3 is 4.57 Å². The van der Waals surface area contributed by atoms with Crippen molar-refractivity contribution in [2.75, 3.05) is 0 Å². The molecule has 1 radical (unpaired) electrons. The van der Waals surface area contributed by atoms with E-state index in [9.17, 15) is 0 Å². The Labute approximate surface area is 151 Å². The summed E-state index contributed by atoms with van der Waals surface area (Å²) in [6.07, 6.45) is 2.37. The highest BCUT2D eigenvalue weighted by atomic mass is 79.9. The molecule has 0 N–H and O–H groups in total. The van der Waals surface area contributed by atoms with Gasteiger partial charge in [0, 0.05) is 32.9 Å². The lowest BCUT2D eigenvalue weighted by molar-refractivity contribution is 0.665. The molecule has 0 aliphatic heterocycles. The highest BCUT2D eigenvalue weighted by molar-refractivity contribution is 9.10. The fraction of sp³-hybridized carbons (Fsp3) is 0.182. The minimum atomic E-state index is 1.04. The molecule has 2 heteroatoms. The van der Waals surface area contributed by atoms with Gasteiger partial charge in [0.2, 0.25) is 0 Å². The molecule has 3 aromatic carbocycles. The third-order valence-corrected chi connectivity index (χ3v) is 5.07. The number of nitrogens with zero attached hydrogens (tertiary/aromatic N) is 1. The lowest BCUT2D eigenvalue weighted by atomic mass is 10.0. The number of aromatic nitrogens is 1. The number of unbranched alkanes of at least 4 members (excludes halogenated alkanes) is 1. The normalized spacial score (nSPS) is 11.4. The van der Waals surface area contributed by atoms with Crippen LogP contribution in [0.5, 0.6) is 0 Å². The quantitative estimate of drug-likeness (QED) is 0.368. The van der Waals surface area contributed by atoms with Crippen molar-refractivity contribution in [3.8, 4) is 11.1 Å². The maximum absolute atomic E-state index is 3.63. The third kappa shape index (κ3) is 2.55. The molecule has 0 saturated carbocycles. The topological polar surface area (TPSA) is 4.93 Å². The minimum absolute atomic E-state index is 1.04. The van der Waals surface area contributed by atoms with Crippen LogP contribution in [0.1, 0.15) is 19.8 Å².